The zero-order valence-electron chi connectivity index (χ0n) is 17.1. The normalized spacial score (nSPS) is 28.6. The van der Waals surface area contributed by atoms with Gasteiger partial charge in [0.1, 0.15) is 17.3 Å². The van der Waals surface area contributed by atoms with E-state index < -0.39 is 59.4 Å². The molecule has 1 saturated carbocycles. The Labute approximate surface area is 197 Å². The fourth-order valence-electron chi connectivity index (χ4n) is 6.35. The van der Waals surface area contributed by atoms with Gasteiger partial charge in [-0.1, -0.05) is 41.4 Å². The smallest absolute Gasteiger partial charge is 0.321 e. The second-order valence-electron chi connectivity index (χ2n) is 9.24. The molecule has 10 heteroatoms. The highest BCUT2D eigenvalue weighted by molar-refractivity contribution is 6.31. The molecule has 1 aliphatic carbocycles. The molecule has 3 N–H and O–H groups in total. The molecule has 2 spiro atoms. The summed E-state index contributed by atoms with van der Waals surface area (Å²) in [5, 5.41) is 16.0. The number of halogens is 5. The van der Waals surface area contributed by atoms with Crippen LogP contribution in [-0.2, 0) is 15.0 Å². The lowest BCUT2D eigenvalue weighted by molar-refractivity contribution is -0.140. The summed E-state index contributed by atoms with van der Waals surface area (Å²) < 4.78 is 43.1. The number of carboxylic acid groups (broad SMARTS) is 1. The number of nitrogens with one attached hydrogen (secondary N) is 2. The van der Waals surface area contributed by atoms with Gasteiger partial charge in [0.25, 0.3) is 0 Å². The van der Waals surface area contributed by atoms with Crippen LogP contribution >= 0.6 is 23.2 Å². The standard InChI is InChI=1S/C23H19Cl2F3N2O3/c24-11-4-5-13-15(6-11)29-20(33)23(13)16(12-2-1-3-14(25)17(12)28)18(19(31)32)30-22(23)7-21(8-22,9-26)10-27/h1-6,16,18,30H,7-10H2,(H,29,33)(H,31,32)/t16-,18+,23?/m0/s1. The monoisotopic (exact) mass is 498 g/mol. The lowest BCUT2D eigenvalue weighted by atomic mass is 9.46. The fourth-order valence-corrected chi connectivity index (χ4v) is 6.70. The van der Waals surface area contributed by atoms with E-state index in [1.54, 1.807) is 12.1 Å². The van der Waals surface area contributed by atoms with Crippen molar-refractivity contribution in [3.05, 3.63) is 63.4 Å². The summed E-state index contributed by atoms with van der Waals surface area (Å²) in [6.45, 7) is -1.93. The van der Waals surface area contributed by atoms with Crippen LogP contribution in [0, 0.1) is 11.2 Å². The van der Waals surface area contributed by atoms with Crippen molar-refractivity contribution in [3.63, 3.8) is 0 Å². The zero-order valence-corrected chi connectivity index (χ0v) is 18.6. The summed E-state index contributed by atoms with van der Waals surface area (Å²) in [5.74, 6) is -3.98. The molecule has 3 atom stereocenters. The van der Waals surface area contributed by atoms with E-state index in [1.807, 2.05) is 0 Å². The maximum Gasteiger partial charge on any atom is 0.321 e. The van der Waals surface area contributed by atoms with E-state index >= 15 is 4.39 Å². The van der Waals surface area contributed by atoms with Gasteiger partial charge in [-0.2, -0.15) is 0 Å². The molecule has 33 heavy (non-hydrogen) atoms. The third-order valence-corrected chi connectivity index (χ3v) is 8.03. The van der Waals surface area contributed by atoms with Crippen LogP contribution < -0.4 is 10.6 Å². The Kier molecular flexibility index (Phi) is 5.01. The Balaban J connectivity index is 1.82. The quantitative estimate of drug-likeness (QED) is 0.574. The number of carboxylic acids is 1. The molecule has 5 rings (SSSR count). The minimum absolute atomic E-state index is 0.0600. The first kappa shape index (κ1) is 22.5. The van der Waals surface area contributed by atoms with Gasteiger partial charge < -0.3 is 10.4 Å². The predicted octanol–water partition coefficient (Wildman–Crippen LogP) is 4.62. The summed E-state index contributed by atoms with van der Waals surface area (Å²) in [4.78, 5) is 26.2. The predicted molar refractivity (Wildman–Crippen MR) is 117 cm³/mol. The van der Waals surface area contributed by atoms with Gasteiger partial charge in [-0.3, -0.25) is 23.7 Å². The van der Waals surface area contributed by atoms with Crippen LogP contribution in [0.5, 0.6) is 0 Å². The van der Waals surface area contributed by atoms with E-state index in [4.69, 9.17) is 23.2 Å². The molecule has 3 aliphatic rings. The van der Waals surface area contributed by atoms with Gasteiger partial charge in [0, 0.05) is 27.6 Å². The zero-order chi connectivity index (χ0) is 23.8. The maximum absolute atomic E-state index is 15.3. The van der Waals surface area contributed by atoms with E-state index in [0.717, 1.165) is 0 Å². The van der Waals surface area contributed by atoms with Crippen LogP contribution in [-0.4, -0.2) is 41.9 Å². The summed E-state index contributed by atoms with van der Waals surface area (Å²) >= 11 is 12.1. The van der Waals surface area contributed by atoms with Gasteiger partial charge in [-0.15, -0.1) is 0 Å². The topological polar surface area (TPSA) is 78.4 Å². The first-order valence-electron chi connectivity index (χ1n) is 10.3. The Bertz CT molecular complexity index is 1180. The third-order valence-electron chi connectivity index (χ3n) is 7.50. The summed E-state index contributed by atoms with van der Waals surface area (Å²) in [6, 6.07) is 7.43. The number of anilines is 1. The number of aliphatic carboxylic acids is 1. The molecule has 2 aliphatic heterocycles. The van der Waals surface area contributed by atoms with Crippen LogP contribution in [0.4, 0.5) is 18.9 Å². The number of rotatable bonds is 4. The molecule has 0 radical (unpaired) electrons. The largest absolute Gasteiger partial charge is 0.480 e. The summed E-state index contributed by atoms with van der Waals surface area (Å²) in [6.07, 6.45) is -0.268. The minimum atomic E-state index is -1.66. The molecule has 1 saturated heterocycles. The van der Waals surface area contributed by atoms with Crippen LogP contribution in [0.2, 0.25) is 10.0 Å². The minimum Gasteiger partial charge on any atom is -0.480 e. The van der Waals surface area contributed by atoms with Gasteiger partial charge in [0.05, 0.1) is 18.4 Å². The number of hydrogen-bond acceptors (Lipinski definition) is 3. The average Bonchev–Trinajstić information content (AvgIpc) is 3.22. The molecule has 2 aromatic carbocycles. The Morgan fingerprint density at radius 3 is 2.48 bits per heavy atom. The molecule has 5 nitrogen and oxygen atoms in total. The molecular formula is C23H19Cl2F3N2O3. The SMILES string of the molecule is O=C(O)[C@@H]1NC2(CC(CF)(CF)C2)C2(C(=O)Nc3cc(Cl)ccc32)[C@H]1c1cccc(Cl)c1F. The Morgan fingerprint density at radius 1 is 1.15 bits per heavy atom. The number of fused-ring (bicyclic) bond motifs is 3. The molecular weight excluding hydrogens is 480 g/mol. The summed E-state index contributed by atoms with van der Waals surface area (Å²) in [7, 11) is 0. The highest BCUT2D eigenvalue weighted by Crippen LogP contribution is 2.68. The van der Waals surface area contributed by atoms with E-state index in [1.165, 1.54) is 24.3 Å². The van der Waals surface area contributed by atoms with Crippen molar-refractivity contribution in [2.45, 2.75) is 35.8 Å². The van der Waals surface area contributed by atoms with Crippen LogP contribution in [0.25, 0.3) is 0 Å². The number of alkyl halides is 2. The molecule has 174 valence electrons. The molecule has 0 aromatic heterocycles. The highest BCUT2D eigenvalue weighted by atomic mass is 35.5. The van der Waals surface area contributed by atoms with Crippen molar-refractivity contribution in [3.8, 4) is 0 Å². The van der Waals surface area contributed by atoms with Crippen LogP contribution in [0.1, 0.15) is 29.9 Å². The molecule has 0 bridgehead atoms. The van der Waals surface area contributed by atoms with E-state index in [2.05, 4.69) is 10.6 Å². The lowest BCUT2D eigenvalue weighted by Gasteiger charge is -2.59. The number of hydrogen-bond donors (Lipinski definition) is 3. The fraction of sp³-hybridized carbons (Fsp3) is 0.391. The molecule has 2 aromatic rings. The second-order valence-corrected chi connectivity index (χ2v) is 10.1. The average molecular weight is 499 g/mol. The van der Waals surface area contributed by atoms with E-state index in [-0.39, 0.29) is 23.4 Å². The molecule has 2 fully saturated rings. The Hall–Kier alpha value is -2.29. The molecule has 1 amide bonds. The van der Waals surface area contributed by atoms with Gasteiger partial charge in [0.2, 0.25) is 5.91 Å². The lowest BCUT2D eigenvalue weighted by Crippen LogP contribution is -2.70. The highest BCUT2D eigenvalue weighted by Gasteiger charge is 2.78. The van der Waals surface area contributed by atoms with Crippen molar-refractivity contribution >= 4 is 40.8 Å². The molecule has 2 heterocycles. The maximum atomic E-state index is 15.3. The first-order chi connectivity index (χ1) is 15.6. The van der Waals surface area contributed by atoms with Gasteiger partial charge in [-0.25, -0.2) is 4.39 Å². The Morgan fingerprint density at radius 2 is 1.85 bits per heavy atom. The van der Waals surface area contributed by atoms with Crippen molar-refractivity contribution in [1.82, 2.24) is 5.32 Å². The van der Waals surface area contributed by atoms with E-state index in [9.17, 15) is 23.5 Å². The van der Waals surface area contributed by atoms with Crippen LogP contribution in [0.15, 0.2) is 36.4 Å². The van der Waals surface area contributed by atoms with Crippen molar-refractivity contribution in [2.75, 3.05) is 18.7 Å². The first-order valence-corrected chi connectivity index (χ1v) is 11.1. The van der Waals surface area contributed by atoms with Gasteiger partial charge in [-0.05, 0) is 42.2 Å². The molecule has 1 unspecified atom stereocenters. The number of carbonyl (C=O) groups is 2. The van der Waals surface area contributed by atoms with Crippen molar-refractivity contribution in [1.29, 1.82) is 0 Å². The van der Waals surface area contributed by atoms with Crippen molar-refractivity contribution < 1.29 is 27.9 Å². The van der Waals surface area contributed by atoms with Gasteiger partial charge in [0.15, 0.2) is 0 Å². The van der Waals surface area contributed by atoms with Crippen LogP contribution in [0.3, 0.4) is 0 Å². The number of benzene rings is 2. The van der Waals surface area contributed by atoms with Gasteiger partial charge >= 0.3 is 5.97 Å². The third kappa shape index (κ3) is 2.77. The van der Waals surface area contributed by atoms with Crippen molar-refractivity contribution in [2.24, 2.45) is 5.41 Å². The summed E-state index contributed by atoms with van der Waals surface area (Å²) in [5.41, 5.74) is -3.63. The number of carbonyl (C=O) groups excluding carboxylic acids is 1. The second kappa shape index (κ2) is 7.35. The number of amides is 1. The van der Waals surface area contributed by atoms with E-state index in [0.29, 0.717) is 16.3 Å².